The molecule has 0 amide bonds. The van der Waals surface area contributed by atoms with Gasteiger partial charge in [0, 0.05) is 36.4 Å². The zero-order chi connectivity index (χ0) is 28.1. The topological polar surface area (TPSA) is 113 Å². The van der Waals surface area contributed by atoms with Gasteiger partial charge in [-0.3, -0.25) is 4.79 Å². The van der Waals surface area contributed by atoms with Crippen LogP contribution in [0.5, 0.6) is 23.0 Å². The number of nitrogens with one attached hydrogen (secondary N) is 1. The highest BCUT2D eigenvalue weighted by atomic mass is 16.6. The summed E-state index contributed by atoms with van der Waals surface area (Å²) in [6, 6.07) is 10.6. The van der Waals surface area contributed by atoms with E-state index in [1.165, 1.54) is 13.2 Å². The number of rotatable bonds is 10. The number of hydrogen-bond donors (Lipinski definition) is 2. The van der Waals surface area contributed by atoms with Crippen molar-refractivity contribution in [2.75, 3.05) is 41.2 Å². The van der Waals surface area contributed by atoms with E-state index in [1.54, 1.807) is 33.3 Å². The molecule has 0 bridgehead atoms. The molecule has 2 atom stereocenters. The third-order valence-corrected chi connectivity index (χ3v) is 7.06. The van der Waals surface area contributed by atoms with E-state index in [1.807, 2.05) is 25.1 Å². The van der Waals surface area contributed by atoms with Gasteiger partial charge in [-0.2, -0.15) is 0 Å². The molecule has 2 aromatic rings. The van der Waals surface area contributed by atoms with E-state index in [-0.39, 0.29) is 42.8 Å². The molecule has 0 fully saturated rings. The van der Waals surface area contributed by atoms with Crippen LogP contribution in [-0.2, 0) is 19.1 Å². The molecule has 1 aliphatic carbocycles. The summed E-state index contributed by atoms with van der Waals surface area (Å²) in [6.07, 6.45) is 0.820. The first kappa shape index (κ1) is 28.0. The predicted octanol–water partition coefficient (Wildman–Crippen LogP) is 4.36. The number of dihydropyridines is 1. The Kier molecular flexibility index (Phi) is 8.81. The van der Waals surface area contributed by atoms with Crippen molar-refractivity contribution in [3.63, 3.8) is 0 Å². The molecule has 2 N–H and O–H groups in total. The first-order valence-corrected chi connectivity index (χ1v) is 12.9. The van der Waals surface area contributed by atoms with Gasteiger partial charge < -0.3 is 34.1 Å². The molecule has 9 nitrogen and oxygen atoms in total. The highest BCUT2D eigenvalue weighted by molar-refractivity contribution is 6.04. The lowest BCUT2D eigenvalue weighted by atomic mass is 9.71. The first-order chi connectivity index (χ1) is 18.8. The van der Waals surface area contributed by atoms with Crippen molar-refractivity contribution in [2.24, 2.45) is 0 Å². The summed E-state index contributed by atoms with van der Waals surface area (Å²) in [5.74, 6) is 0.0992. The van der Waals surface area contributed by atoms with E-state index >= 15 is 0 Å². The lowest BCUT2D eigenvalue weighted by Gasteiger charge is -2.37. The summed E-state index contributed by atoms with van der Waals surface area (Å²) in [4.78, 5) is 27.2. The number of phenolic OH excluding ortho intramolecular Hbond substituents is 1. The number of ether oxygens (including phenoxy) is 5. The molecule has 0 spiro atoms. The molecule has 0 unspecified atom stereocenters. The standard InChI is InChI=1S/C30H35NO8/c1-6-38-25-16-19(7-9-22(25)32)28-27(30(34)39-12-11-35-3)17(2)31-21-13-20(14-23(33)29(21)28)18-8-10-24(36-4)26(15-18)37-5/h7-10,15-16,20,28,31-32H,6,11-14H2,1-5H3/t20-,28+/m0/s1. The number of aromatic hydroxyl groups is 1. The van der Waals surface area contributed by atoms with Crippen molar-refractivity contribution in [3.8, 4) is 23.0 Å². The van der Waals surface area contributed by atoms with Crippen molar-refractivity contribution >= 4 is 11.8 Å². The minimum atomic E-state index is -0.685. The summed E-state index contributed by atoms with van der Waals surface area (Å²) >= 11 is 0. The monoisotopic (exact) mass is 537 g/mol. The molecular weight excluding hydrogens is 502 g/mol. The second-order valence-corrected chi connectivity index (χ2v) is 9.42. The maximum atomic E-state index is 13.9. The number of benzene rings is 2. The summed E-state index contributed by atoms with van der Waals surface area (Å²) in [7, 11) is 4.69. The molecule has 1 heterocycles. The first-order valence-electron chi connectivity index (χ1n) is 12.9. The molecule has 208 valence electrons. The minimum absolute atomic E-state index is 0.0165. The normalized spacial score (nSPS) is 18.8. The van der Waals surface area contributed by atoms with Crippen LogP contribution in [0, 0.1) is 0 Å². The highest BCUT2D eigenvalue weighted by Gasteiger charge is 2.41. The Balaban J connectivity index is 1.77. The third kappa shape index (κ3) is 5.73. The molecule has 4 rings (SSSR count). The van der Waals surface area contributed by atoms with Gasteiger partial charge in [0.2, 0.25) is 0 Å². The fraction of sp³-hybridized carbons (Fsp3) is 0.400. The van der Waals surface area contributed by atoms with Gasteiger partial charge in [-0.05, 0) is 61.6 Å². The van der Waals surface area contributed by atoms with Gasteiger partial charge in [0.25, 0.3) is 0 Å². The molecule has 9 heteroatoms. The smallest absolute Gasteiger partial charge is 0.336 e. The number of allylic oxidation sites excluding steroid dienone is 3. The van der Waals surface area contributed by atoms with E-state index in [4.69, 9.17) is 23.7 Å². The number of Topliss-reactive ketones (excluding diaryl/α,β-unsaturated/α-hetero) is 1. The SMILES string of the molecule is CCOc1cc([C@@H]2C(C(=O)OCCOC)=C(C)NC3=C2C(=O)C[C@@H](c2ccc(OC)c(OC)c2)C3)ccc1O. The van der Waals surface area contributed by atoms with Crippen molar-refractivity contribution in [3.05, 3.63) is 70.1 Å². The molecule has 1 aliphatic heterocycles. The molecule has 39 heavy (non-hydrogen) atoms. The van der Waals surface area contributed by atoms with E-state index in [2.05, 4.69) is 5.32 Å². The summed E-state index contributed by atoms with van der Waals surface area (Å²) < 4.78 is 27.0. The Bertz CT molecular complexity index is 1310. The van der Waals surface area contributed by atoms with Crippen molar-refractivity contribution < 1.29 is 38.4 Å². The van der Waals surface area contributed by atoms with Crippen molar-refractivity contribution in [2.45, 2.75) is 38.5 Å². The van der Waals surface area contributed by atoms with Crippen LogP contribution in [0.4, 0.5) is 0 Å². The van der Waals surface area contributed by atoms with E-state index in [9.17, 15) is 14.7 Å². The highest BCUT2D eigenvalue weighted by Crippen LogP contribution is 2.47. The number of methoxy groups -OCH3 is 3. The van der Waals surface area contributed by atoms with Gasteiger partial charge in [-0.25, -0.2) is 4.79 Å². The van der Waals surface area contributed by atoms with Crippen LogP contribution in [0.25, 0.3) is 0 Å². The molecule has 0 radical (unpaired) electrons. The van der Waals surface area contributed by atoms with Crippen LogP contribution >= 0.6 is 0 Å². The average Bonchev–Trinajstić information content (AvgIpc) is 2.93. The number of ketones is 1. The second-order valence-electron chi connectivity index (χ2n) is 9.42. The van der Waals surface area contributed by atoms with E-state index in [0.717, 1.165) is 11.3 Å². The zero-order valence-corrected chi connectivity index (χ0v) is 23.0. The van der Waals surface area contributed by atoms with Crippen LogP contribution in [0.1, 0.15) is 49.7 Å². The molecular formula is C30H35NO8. The largest absolute Gasteiger partial charge is 0.504 e. The van der Waals surface area contributed by atoms with Gasteiger partial charge in [0.05, 0.1) is 33.0 Å². The maximum Gasteiger partial charge on any atom is 0.336 e. The summed E-state index contributed by atoms with van der Waals surface area (Å²) in [6.45, 7) is 4.31. The Labute approximate surface area is 228 Å². The Morgan fingerprint density at radius 1 is 0.974 bits per heavy atom. The fourth-order valence-electron chi connectivity index (χ4n) is 5.26. The van der Waals surface area contributed by atoms with Crippen LogP contribution in [0.15, 0.2) is 58.9 Å². The fourth-order valence-corrected chi connectivity index (χ4v) is 5.26. The number of carbonyl (C=O) groups excluding carboxylic acids is 2. The summed E-state index contributed by atoms with van der Waals surface area (Å²) in [5.41, 5.74) is 3.84. The third-order valence-electron chi connectivity index (χ3n) is 7.06. The Morgan fingerprint density at radius 3 is 2.38 bits per heavy atom. The van der Waals surface area contributed by atoms with Crippen molar-refractivity contribution in [1.29, 1.82) is 0 Å². The van der Waals surface area contributed by atoms with Crippen LogP contribution < -0.4 is 19.5 Å². The zero-order valence-electron chi connectivity index (χ0n) is 23.0. The quantitative estimate of drug-likeness (QED) is 0.337. The van der Waals surface area contributed by atoms with Gasteiger partial charge in [0.15, 0.2) is 28.8 Å². The lowest BCUT2D eigenvalue weighted by Crippen LogP contribution is -2.36. The number of hydrogen-bond acceptors (Lipinski definition) is 9. The molecule has 0 saturated carbocycles. The summed E-state index contributed by atoms with van der Waals surface area (Å²) in [5, 5.41) is 13.6. The van der Waals surface area contributed by atoms with Crippen LogP contribution in [-0.4, -0.2) is 58.0 Å². The molecule has 0 saturated heterocycles. The van der Waals surface area contributed by atoms with E-state index in [0.29, 0.717) is 46.9 Å². The van der Waals surface area contributed by atoms with Crippen LogP contribution in [0.3, 0.4) is 0 Å². The Hall–Kier alpha value is -3.98. The molecule has 2 aromatic carbocycles. The van der Waals surface area contributed by atoms with Crippen molar-refractivity contribution in [1.82, 2.24) is 5.32 Å². The Morgan fingerprint density at radius 2 is 1.69 bits per heavy atom. The van der Waals surface area contributed by atoms with Gasteiger partial charge in [-0.1, -0.05) is 12.1 Å². The predicted molar refractivity (Wildman–Crippen MR) is 144 cm³/mol. The average molecular weight is 538 g/mol. The van der Waals surface area contributed by atoms with Crippen LogP contribution in [0.2, 0.25) is 0 Å². The lowest BCUT2D eigenvalue weighted by molar-refractivity contribution is -0.140. The van der Waals surface area contributed by atoms with Gasteiger partial charge >= 0.3 is 5.97 Å². The number of phenols is 1. The molecule has 0 aromatic heterocycles. The van der Waals surface area contributed by atoms with Gasteiger partial charge in [-0.15, -0.1) is 0 Å². The van der Waals surface area contributed by atoms with Gasteiger partial charge in [0.1, 0.15) is 6.61 Å². The minimum Gasteiger partial charge on any atom is -0.504 e. The number of esters is 1. The maximum absolute atomic E-state index is 13.9. The van der Waals surface area contributed by atoms with E-state index < -0.39 is 11.9 Å². The molecule has 2 aliphatic rings. The second kappa shape index (κ2) is 12.3. The number of carbonyl (C=O) groups is 2.